The van der Waals surface area contributed by atoms with Gasteiger partial charge in [-0.15, -0.1) is 0 Å². The van der Waals surface area contributed by atoms with Crippen LogP contribution in [0.2, 0.25) is 5.15 Å². The van der Waals surface area contributed by atoms with E-state index in [9.17, 15) is 18.0 Å². The van der Waals surface area contributed by atoms with Gasteiger partial charge in [-0.2, -0.15) is 23.3 Å². The molecule has 7 nitrogen and oxygen atoms in total. The predicted molar refractivity (Wildman–Crippen MR) is 94.6 cm³/mol. The summed E-state index contributed by atoms with van der Waals surface area (Å²) in [6.45, 7) is -0.845. The molecule has 0 amide bonds. The lowest BCUT2D eigenvalue weighted by molar-refractivity contribution is -0.142. The Balaban J connectivity index is 1.69. The van der Waals surface area contributed by atoms with Crippen LogP contribution in [0, 0.1) is 0 Å². The van der Waals surface area contributed by atoms with E-state index in [2.05, 4.69) is 15.1 Å². The zero-order valence-corrected chi connectivity index (χ0v) is 14.9. The highest BCUT2D eigenvalue weighted by Gasteiger charge is 2.29. The summed E-state index contributed by atoms with van der Waals surface area (Å²) in [4.78, 5) is 20.5. The van der Waals surface area contributed by atoms with Crippen LogP contribution in [0.5, 0.6) is 0 Å². The third-order valence-electron chi connectivity index (χ3n) is 4.02. The van der Waals surface area contributed by atoms with E-state index in [4.69, 9.17) is 11.6 Å². The van der Waals surface area contributed by atoms with Crippen molar-refractivity contribution in [3.05, 3.63) is 70.3 Å². The second kappa shape index (κ2) is 6.79. The number of nitrogens with zero attached hydrogens (tertiary/aromatic N) is 6. The minimum absolute atomic E-state index is 0.211. The monoisotopic (exact) mass is 408 g/mol. The standard InChI is InChI=1S/C17H12ClF3N6O/c18-14-4-3-11(6-22-14)8-25-5-1-2-13-15(25)24-16(28)27(13)12-7-23-26(9-12)10-17(19,20)21/h1-7,9H,8,10H2. The minimum Gasteiger partial charge on any atom is -0.327 e. The first-order valence-corrected chi connectivity index (χ1v) is 8.46. The predicted octanol–water partition coefficient (Wildman–Crippen LogP) is 2.99. The number of aromatic nitrogens is 6. The van der Waals surface area contributed by atoms with Crippen LogP contribution in [0.3, 0.4) is 0 Å². The van der Waals surface area contributed by atoms with E-state index in [-0.39, 0.29) is 5.69 Å². The molecule has 0 saturated carbocycles. The van der Waals surface area contributed by atoms with Crippen LogP contribution in [-0.4, -0.2) is 35.1 Å². The lowest BCUT2D eigenvalue weighted by Gasteiger charge is -2.12. The summed E-state index contributed by atoms with van der Waals surface area (Å²) in [5, 5.41) is 4.05. The van der Waals surface area contributed by atoms with Crippen molar-refractivity contribution in [1.29, 1.82) is 0 Å². The van der Waals surface area contributed by atoms with Crippen molar-refractivity contribution in [1.82, 2.24) is 28.9 Å². The molecule has 144 valence electrons. The summed E-state index contributed by atoms with van der Waals surface area (Å²) in [6, 6.07) is 6.85. The Morgan fingerprint density at radius 2 is 1.96 bits per heavy atom. The van der Waals surface area contributed by atoms with E-state index in [1.165, 1.54) is 10.8 Å². The van der Waals surface area contributed by atoms with Gasteiger partial charge in [0.1, 0.15) is 11.7 Å². The Kier molecular flexibility index (Phi) is 4.42. The fourth-order valence-electron chi connectivity index (χ4n) is 2.88. The Morgan fingerprint density at radius 1 is 1.14 bits per heavy atom. The first kappa shape index (κ1) is 18.2. The van der Waals surface area contributed by atoms with Crippen molar-refractivity contribution < 1.29 is 13.2 Å². The molecule has 0 aromatic carbocycles. The van der Waals surface area contributed by atoms with Crippen molar-refractivity contribution in [3.63, 3.8) is 0 Å². The first-order chi connectivity index (χ1) is 13.3. The van der Waals surface area contributed by atoms with E-state index >= 15 is 0 Å². The maximum Gasteiger partial charge on any atom is 0.408 e. The number of hydrogen-bond acceptors (Lipinski definition) is 4. The van der Waals surface area contributed by atoms with Crippen LogP contribution in [0.1, 0.15) is 5.56 Å². The maximum absolute atomic E-state index is 12.6. The Hall–Kier alpha value is -3.14. The lowest BCUT2D eigenvalue weighted by atomic mass is 10.2. The van der Waals surface area contributed by atoms with Crippen molar-refractivity contribution in [2.24, 2.45) is 0 Å². The molecule has 11 heteroatoms. The summed E-state index contributed by atoms with van der Waals surface area (Å²) >= 11 is 5.79. The molecule has 0 radical (unpaired) electrons. The van der Waals surface area contributed by atoms with Gasteiger partial charge in [-0.25, -0.2) is 9.78 Å². The highest BCUT2D eigenvalue weighted by Crippen LogP contribution is 2.23. The van der Waals surface area contributed by atoms with E-state index in [0.29, 0.717) is 23.2 Å². The summed E-state index contributed by atoms with van der Waals surface area (Å²) in [6.07, 6.45) is 1.33. The smallest absolute Gasteiger partial charge is 0.327 e. The molecule has 2 aliphatic heterocycles. The van der Waals surface area contributed by atoms with E-state index < -0.39 is 18.4 Å². The van der Waals surface area contributed by atoms with Crippen LogP contribution < -0.4 is 5.69 Å². The quantitative estimate of drug-likeness (QED) is 0.487. The molecule has 0 fully saturated rings. The fraction of sp³-hybridized carbons (Fsp3) is 0.176. The Morgan fingerprint density at radius 3 is 2.68 bits per heavy atom. The summed E-state index contributed by atoms with van der Waals surface area (Å²) in [7, 11) is 0. The number of rotatable bonds is 4. The molecule has 4 rings (SSSR count). The third kappa shape index (κ3) is 3.63. The third-order valence-corrected chi connectivity index (χ3v) is 4.24. The van der Waals surface area contributed by atoms with Crippen LogP contribution in [0.4, 0.5) is 13.2 Å². The molecule has 0 unspecified atom stereocenters. The molecular weight excluding hydrogens is 397 g/mol. The van der Waals surface area contributed by atoms with E-state index in [0.717, 1.165) is 16.4 Å². The molecule has 0 atom stereocenters. The van der Waals surface area contributed by atoms with E-state index in [1.54, 1.807) is 41.2 Å². The molecular formula is C17H12ClF3N6O. The van der Waals surface area contributed by atoms with Gasteiger partial charge in [0, 0.05) is 18.6 Å². The first-order valence-electron chi connectivity index (χ1n) is 8.08. The molecule has 28 heavy (non-hydrogen) atoms. The number of fused-ring (bicyclic) bond motifs is 1. The van der Waals surface area contributed by atoms with Gasteiger partial charge in [0.15, 0.2) is 5.82 Å². The van der Waals surface area contributed by atoms with Gasteiger partial charge in [0.2, 0.25) is 0 Å². The number of pyridine rings is 2. The molecule has 0 bridgehead atoms. The zero-order chi connectivity index (χ0) is 19.9. The van der Waals surface area contributed by atoms with E-state index in [1.807, 2.05) is 0 Å². The lowest BCUT2D eigenvalue weighted by Crippen LogP contribution is -2.18. The summed E-state index contributed by atoms with van der Waals surface area (Å²) in [5.41, 5.74) is 0.918. The normalized spacial score (nSPS) is 12.0. The average Bonchev–Trinajstić information content (AvgIpc) is 3.19. The van der Waals surface area contributed by atoms with Gasteiger partial charge in [-0.05, 0) is 23.8 Å². The highest BCUT2D eigenvalue weighted by molar-refractivity contribution is 6.29. The second-order valence-corrected chi connectivity index (χ2v) is 6.46. The molecule has 0 aliphatic carbocycles. The Labute approximate surface area is 161 Å². The van der Waals surface area contributed by atoms with Gasteiger partial charge in [0.25, 0.3) is 0 Å². The summed E-state index contributed by atoms with van der Waals surface area (Å²) < 4.78 is 41.4. The minimum atomic E-state index is -4.41. The van der Waals surface area contributed by atoms with Crippen LogP contribution >= 0.6 is 11.6 Å². The topological polar surface area (TPSA) is 70.5 Å². The molecule has 2 aromatic rings. The highest BCUT2D eigenvalue weighted by atomic mass is 35.5. The van der Waals surface area contributed by atoms with Crippen LogP contribution in [0.15, 0.2) is 53.8 Å². The van der Waals surface area contributed by atoms with Gasteiger partial charge >= 0.3 is 11.9 Å². The number of imidazole rings is 1. The Bertz CT molecular complexity index is 1140. The number of hydrogen-bond donors (Lipinski definition) is 0. The van der Waals surface area contributed by atoms with Crippen LogP contribution in [-0.2, 0) is 13.1 Å². The van der Waals surface area contributed by atoms with Gasteiger partial charge in [-0.3, -0.25) is 9.25 Å². The second-order valence-electron chi connectivity index (χ2n) is 6.08. The van der Waals surface area contributed by atoms with Crippen molar-refractivity contribution in [2.75, 3.05) is 0 Å². The molecule has 0 N–H and O–H groups in total. The largest absolute Gasteiger partial charge is 0.408 e. The molecule has 2 aromatic heterocycles. The average molecular weight is 409 g/mol. The molecule has 0 spiro atoms. The van der Waals surface area contributed by atoms with Gasteiger partial charge in [0.05, 0.1) is 24.1 Å². The molecule has 4 heterocycles. The molecule has 2 aliphatic rings. The number of halogens is 4. The van der Waals surface area contributed by atoms with Gasteiger partial charge < -0.3 is 4.57 Å². The summed E-state index contributed by atoms with van der Waals surface area (Å²) in [5.74, 6) is 0.394. The fourth-order valence-corrected chi connectivity index (χ4v) is 2.99. The van der Waals surface area contributed by atoms with Gasteiger partial charge in [-0.1, -0.05) is 17.7 Å². The zero-order valence-electron chi connectivity index (χ0n) is 14.1. The van der Waals surface area contributed by atoms with Crippen LogP contribution in [0.25, 0.3) is 17.2 Å². The molecule has 0 saturated heterocycles. The number of alkyl halides is 3. The maximum atomic E-state index is 12.6. The SMILES string of the molecule is O=c1nc2n(Cc3ccc(Cl)nc3)cccc-2n1-c1cnn(CC(F)(F)F)c1. The van der Waals surface area contributed by atoms with Crippen molar-refractivity contribution >= 4 is 11.6 Å². The van der Waals surface area contributed by atoms with Crippen molar-refractivity contribution in [3.8, 4) is 17.2 Å². The van der Waals surface area contributed by atoms with Crippen molar-refractivity contribution in [2.45, 2.75) is 19.3 Å².